The fourth-order valence-corrected chi connectivity index (χ4v) is 8.31. The predicted molar refractivity (Wildman–Crippen MR) is 228 cm³/mol. The van der Waals surface area contributed by atoms with E-state index >= 15 is 0 Å². The summed E-state index contributed by atoms with van der Waals surface area (Å²) in [6.45, 7) is 10.9. The molecule has 2 saturated heterocycles. The number of carbonyl (C=O) groups excluding carboxylic acids is 3. The minimum absolute atomic E-state index is 0.0981. The first-order valence-corrected chi connectivity index (χ1v) is 20.8. The monoisotopic (exact) mass is 794 g/mol. The highest BCUT2D eigenvalue weighted by molar-refractivity contribution is 5.86. The fourth-order valence-electron chi connectivity index (χ4n) is 8.31. The third-order valence-corrected chi connectivity index (χ3v) is 11.6. The summed E-state index contributed by atoms with van der Waals surface area (Å²) in [5.74, 6) is 7.99. The quantitative estimate of drug-likeness (QED) is 0.110. The van der Waals surface area contributed by atoms with Crippen molar-refractivity contribution in [2.24, 2.45) is 5.92 Å². The zero-order valence-electron chi connectivity index (χ0n) is 34.6. The maximum Gasteiger partial charge on any atom is 0.407 e. The first kappa shape index (κ1) is 41.0. The average Bonchev–Trinajstić information content (AvgIpc) is 4.11. The molecule has 3 aromatic carbocycles. The van der Waals surface area contributed by atoms with Crippen molar-refractivity contribution in [2.45, 2.75) is 77.5 Å². The van der Waals surface area contributed by atoms with Gasteiger partial charge in [0, 0.05) is 24.2 Å². The number of hydrogen-bond donors (Lipinski definition) is 3. The van der Waals surface area contributed by atoms with Gasteiger partial charge in [-0.15, -0.1) is 0 Å². The second kappa shape index (κ2) is 18.6. The Labute approximate surface area is 346 Å². The second-order valence-corrected chi connectivity index (χ2v) is 15.5. The molecule has 12 nitrogen and oxygen atoms in total. The zero-order chi connectivity index (χ0) is 41.5. The van der Waals surface area contributed by atoms with Crippen LogP contribution in [0.15, 0.2) is 91.3 Å². The Bertz CT molecular complexity index is 2270. The molecule has 0 saturated carbocycles. The largest absolute Gasteiger partial charge is 0.453 e. The molecule has 0 radical (unpaired) electrons. The lowest BCUT2D eigenvalue weighted by Crippen LogP contribution is -2.51. The van der Waals surface area contributed by atoms with E-state index in [0.717, 1.165) is 89.6 Å². The number of likely N-dealkylation sites (N-methyl/N-ethyl adjacent to an activating group) is 1. The number of methoxy groups -OCH3 is 1. The highest BCUT2D eigenvalue weighted by Gasteiger charge is 2.39. The lowest BCUT2D eigenvalue weighted by molar-refractivity contribution is -0.138. The summed E-state index contributed by atoms with van der Waals surface area (Å²) in [6, 6.07) is 24.9. The number of rotatable bonds is 12. The number of likely N-dealkylation sites (tertiary alicyclic amines) is 2. The first-order chi connectivity index (χ1) is 28.7. The van der Waals surface area contributed by atoms with Crippen molar-refractivity contribution in [1.29, 1.82) is 0 Å². The van der Waals surface area contributed by atoms with E-state index in [4.69, 9.17) is 9.72 Å². The number of aromatic amines is 2. The van der Waals surface area contributed by atoms with E-state index in [2.05, 4.69) is 63.0 Å². The Hall–Kier alpha value is -6.19. The van der Waals surface area contributed by atoms with Gasteiger partial charge in [-0.25, -0.2) is 14.8 Å². The molecule has 4 atom stereocenters. The number of nitrogens with zero attached hydrogens (tertiary/aromatic N) is 5. The van der Waals surface area contributed by atoms with Crippen LogP contribution in [-0.2, 0) is 14.3 Å². The molecule has 7 rings (SSSR count). The Balaban J connectivity index is 0.983. The number of nitrogens with one attached hydrogen (secondary N) is 3. The number of amides is 3. The van der Waals surface area contributed by atoms with Gasteiger partial charge >= 0.3 is 6.09 Å². The van der Waals surface area contributed by atoms with Crippen molar-refractivity contribution in [2.75, 3.05) is 33.3 Å². The van der Waals surface area contributed by atoms with E-state index in [1.54, 1.807) is 6.20 Å². The van der Waals surface area contributed by atoms with Gasteiger partial charge in [0.05, 0.1) is 43.0 Å². The van der Waals surface area contributed by atoms with Crippen molar-refractivity contribution < 1.29 is 19.1 Å². The van der Waals surface area contributed by atoms with Crippen LogP contribution in [0.1, 0.15) is 99.8 Å². The number of carbonyl (C=O) groups is 3. The van der Waals surface area contributed by atoms with E-state index in [1.807, 2.05) is 96.6 Å². The molecule has 4 unspecified atom stereocenters. The molecule has 2 aromatic heterocycles. The number of benzene rings is 3. The number of H-pyrrole nitrogens is 2. The molecule has 5 aromatic rings. The maximum atomic E-state index is 14.2. The van der Waals surface area contributed by atoms with Gasteiger partial charge in [-0.1, -0.05) is 94.1 Å². The molecule has 0 aliphatic carbocycles. The van der Waals surface area contributed by atoms with Crippen LogP contribution < -0.4 is 5.32 Å². The predicted octanol–water partition coefficient (Wildman–Crippen LogP) is 7.66. The van der Waals surface area contributed by atoms with Crippen molar-refractivity contribution in [3.05, 3.63) is 120 Å². The van der Waals surface area contributed by atoms with Crippen molar-refractivity contribution in [1.82, 2.24) is 40.0 Å². The Morgan fingerprint density at radius 2 is 1.25 bits per heavy atom. The molecule has 2 fully saturated rings. The van der Waals surface area contributed by atoms with Gasteiger partial charge in [0.2, 0.25) is 11.8 Å². The van der Waals surface area contributed by atoms with Gasteiger partial charge in [-0.05, 0) is 85.6 Å². The van der Waals surface area contributed by atoms with Crippen molar-refractivity contribution >= 4 is 17.9 Å². The minimum atomic E-state index is -0.682. The number of ether oxygens (including phenoxy) is 1. The second-order valence-electron chi connectivity index (χ2n) is 15.5. The van der Waals surface area contributed by atoms with Crippen LogP contribution in [0.5, 0.6) is 0 Å². The summed E-state index contributed by atoms with van der Waals surface area (Å²) >= 11 is 0. The first-order valence-electron chi connectivity index (χ1n) is 20.8. The highest BCUT2D eigenvalue weighted by Crippen LogP contribution is 2.36. The minimum Gasteiger partial charge on any atom is -0.453 e. The third kappa shape index (κ3) is 9.11. The molecule has 2 aliphatic rings. The van der Waals surface area contributed by atoms with Gasteiger partial charge in [-0.2, -0.15) is 0 Å². The van der Waals surface area contributed by atoms with E-state index < -0.39 is 12.1 Å². The number of hydrogen-bond acceptors (Lipinski definition) is 7. The molecule has 306 valence electrons. The molecule has 4 heterocycles. The van der Waals surface area contributed by atoms with Crippen molar-refractivity contribution in [3.63, 3.8) is 0 Å². The summed E-state index contributed by atoms with van der Waals surface area (Å²) in [5.41, 5.74) is 6.52. The molecule has 3 amide bonds. The Morgan fingerprint density at radius 1 is 0.763 bits per heavy atom. The van der Waals surface area contributed by atoms with Crippen LogP contribution in [0.2, 0.25) is 0 Å². The molecule has 59 heavy (non-hydrogen) atoms. The van der Waals surface area contributed by atoms with Crippen LogP contribution in [0.3, 0.4) is 0 Å². The maximum absolute atomic E-state index is 14.2. The SMILES string of the molecule is CCN(CC)C(C(=O)N1CCCC1c1ncc(-c2ccc(C#Cc3ccc(-c4cnc(C5CCCN5C(=O)C(NC(=O)OC)C(C)C)[nH]4)cc3)cc2)[nH]1)c1ccccc1. The lowest BCUT2D eigenvalue weighted by atomic mass is 10.0. The Kier molecular flexibility index (Phi) is 12.9. The van der Waals surface area contributed by atoms with Crippen LogP contribution in [-0.4, -0.2) is 91.9 Å². The summed E-state index contributed by atoms with van der Waals surface area (Å²) in [7, 11) is 1.29. The van der Waals surface area contributed by atoms with Crippen LogP contribution in [0.25, 0.3) is 22.5 Å². The number of aromatic nitrogens is 4. The standard InChI is InChI=1S/C47H54N8O4/c1-6-53(7-2)42(36-13-9-8-10-14-36)46(57)55-28-12-16-40(55)44-49-30-38(51-44)35-25-21-33(22-26-35)18-17-32-19-23-34(24-20-32)37-29-48-43(50-37)39-15-11-27-54(39)45(56)41(31(3)4)52-47(58)59-5/h8-10,13-14,19-26,29-31,39-42H,6-7,11-12,15-16,27-28H2,1-5H3,(H,48,50)(H,49,51)(H,52,58). The van der Waals surface area contributed by atoms with Crippen LogP contribution in [0, 0.1) is 17.8 Å². The zero-order valence-corrected chi connectivity index (χ0v) is 34.6. The average molecular weight is 795 g/mol. The molecular formula is C47H54N8O4. The smallest absolute Gasteiger partial charge is 0.407 e. The van der Waals surface area contributed by atoms with Gasteiger partial charge < -0.3 is 29.8 Å². The molecule has 0 bridgehead atoms. The summed E-state index contributed by atoms with van der Waals surface area (Å²) in [5, 5.41) is 2.70. The van der Waals surface area contributed by atoms with Crippen LogP contribution in [0.4, 0.5) is 4.79 Å². The topological polar surface area (TPSA) is 140 Å². The molecule has 2 aliphatic heterocycles. The fraction of sp³-hybridized carbons (Fsp3) is 0.383. The Morgan fingerprint density at radius 3 is 1.71 bits per heavy atom. The van der Waals surface area contributed by atoms with E-state index in [1.165, 1.54) is 7.11 Å². The van der Waals surface area contributed by atoms with Crippen LogP contribution >= 0.6 is 0 Å². The lowest BCUT2D eigenvalue weighted by Gasteiger charge is -2.34. The van der Waals surface area contributed by atoms with Crippen molar-refractivity contribution in [3.8, 4) is 34.4 Å². The number of alkyl carbamates (subject to hydrolysis) is 1. The van der Waals surface area contributed by atoms with Gasteiger partial charge in [0.1, 0.15) is 23.7 Å². The summed E-state index contributed by atoms with van der Waals surface area (Å²) < 4.78 is 4.76. The molecule has 12 heteroatoms. The van der Waals surface area contributed by atoms with Gasteiger partial charge in [0.25, 0.3) is 0 Å². The number of imidazole rings is 2. The van der Waals surface area contributed by atoms with Gasteiger partial charge in [0.15, 0.2) is 0 Å². The summed E-state index contributed by atoms with van der Waals surface area (Å²) in [6.07, 6.45) is 6.48. The normalized spacial score (nSPS) is 17.5. The molecular weight excluding hydrogens is 741 g/mol. The van der Waals surface area contributed by atoms with E-state index in [9.17, 15) is 14.4 Å². The third-order valence-electron chi connectivity index (χ3n) is 11.6. The van der Waals surface area contributed by atoms with E-state index in [-0.39, 0.29) is 35.9 Å². The van der Waals surface area contributed by atoms with Gasteiger partial charge in [-0.3, -0.25) is 14.5 Å². The summed E-state index contributed by atoms with van der Waals surface area (Å²) in [4.78, 5) is 62.1. The molecule has 0 spiro atoms. The molecule has 3 N–H and O–H groups in total. The highest BCUT2D eigenvalue weighted by atomic mass is 16.5. The van der Waals surface area contributed by atoms with E-state index in [0.29, 0.717) is 13.1 Å².